The predicted molar refractivity (Wildman–Crippen MR) is 121 cm³/mol. The van der Waals surface area contributed by atoms with E-state index in [-0.39, 0.29) is 24.8 Å². The largest absolute Gasteiger partial charge is 0.465 e. The van der Waals surface area contributed by atoms with Gasteiger partial charge in [-0.15, -0.1) is 10.2 Å². The van der Waals surface area contributed by atoms with Crippen molar-refractivity contribution in [3.05, 3.63) is 72.1 Å². The summed E-state index contributed by atoms with van der Waals surface area (Å²) in [6, 6.07) is 19.2. The van der Waals surface area contributed by atoms with Crippen LogP contribution < -0.4 is 4.90 Å². The minimum atomic E-state index is -0.438. The third-order valence-electron chi connectivity index (χ3n) is 4.60. The number of carbonyl (C=O) groups excluding carboxylic acids is 2. The number of nitrogens with zero attached hydrogens (tertiary/aromatic N) is 4. The van der Waals surface area contributed by atoms with E-state index in [1.165, 1.54) is 16.7 Å². The lowest BCUT2D eigenvalue weighted by Gasteiger charge is -2.21. The zero-order chi connectivity index (χ0) is 22.1. The van der Waals surface area contributed by atoms with Gasteiger partial charge in [0, 0.05) is 18.7 Å². The van der Waals surface area contributed by atoms with Crippen LogP contribution >= 0.6 is 11.8 Å². The first-order valence-corrected chi connectivity index (χ1v) is 11.2. The molecule has 0 bridgehead atoms. The first-order chi connectivity index (χ1) is 15.1. The van der Waals surface area contributed by atoms with Gasteiger partial charge in [-0.2, -0.15) is 0 Å². The third kappa shape index (κ3) is 6.18. The summed E-state index contributed by atoms with van der Waals surface area (Å²) in [7, 11) is 0. The zero-order valence-electron chi connectivity index (χ0n) is 17.7. The lowest BCUT2D eigenvalue weighted by Crippen LogP contribution is -2.37. The Hall–Kier alpha value is -3.13. The number of esters is 1. The van der Waals surface area contributed by atoms with Gasteiger partial charge in [-0.1, -0.05) is 60.3 Å². The molecule has 0 aliphatic heterocycles. The second kappa shape index (κ2) is 11.3. The Morgan fingerprint density at radius 3 is 2.32 bits per heavy atom. The lowest BCUT2D eigenvalue weighted by molar-refractivity contribution is -0.142. The van der Waals surface area contributed by atoms with Gasteiger partial charge in [0.2, 0.25) is 5.91 Å². The van der Waals surface area contributed by atoms with Gasteiger partial charge in [-0.3, -0.25) is 9.59 Å². The number of aromatic nitrogens is 3. The molecule has 0 atom stereocenters. The highest BCUT2D eigenvalue weighted by Crippen LogP contribution is 2.21. The van der Waals surface area contributed by atoms with Crippen LogP contribution in [0, 0.1) is 0 Å². The molecule has 1 amide bonds. The van der Waals surface area contributed by atoms with E-state index >= 15 is 0 Å². The Kier molecular flexibility index (Phi) is 8.23. The second-order valence-electron chi connectivity index (χ2n) is 6.71. The summed E-state index contributed by atoms with van der Waals surface area (Å²) < 4.78 is 7.05. The smallest absolute Gasteiger partial charge is 0.326 e. The predicted octanol–water partition coefficient (Wildman–Crippen LogP) is 3.58. The van der Waals surface area contributed by atoms with E-state index in [1.54, 1.807) is 19.1 Å². The summed E-state index contributed by atoms with van der Waals surface area (Å²) in [5.41, 5.74) is 1.81. The van der Waals surface area contributed by atoms with Crippen LogP contribution in [0.15, 0.2) is 65.8 Å². The van der Waals surface area contributed by atoms with E-state index in [0.717, 1.165) is 11.4 Å². The highest BCUT2D eigenvalue weighted by atomic mass is 32.2. The standard InChI is InChI=1S/C23H26N4O3S/c1-3-26-20(15-18-11-7-5-8-12-18)24-25-23(26)31-17-21(28)27(16-22(29)30-4-2)19-13-9-6-10-14-19/h5-14H,3-4,15-17H2,1-2H3. The summed E-state index contributed by atoms with van der Waals surface area (Å²) in [4.78, 5) is 26.5. The minimum Gasteiger partial charge on any atom is -0.465 e. The summed E-state index contributed by atoms with van der Waals surface area (Å²) in [6.07, 6.45) is 0.676. The number of ether oxygens (including phenoxy) is 1. The fourth-order valence-electron chi connectivity index (χ4n) is 3.12. The Labute approximate surface area is 186 Å². The molecule has 0 saturated heterocycles. The number of para-hydroxylation sites is 1. The monoisotopic (exact) mass is 438 g/mol. The molecule has 162 valence electrons. The van der Waals surface area contributed by atoms with Gasteiger partial charge in [0.05, 0.1) is 12.4 Å². The van der Waals surface area contributed by atoms with Crippen molar-refractivity contribution in [1.29, 1.82) is 0 Å². The molecule has 0 aliphatic carbocycles. The van der Waals surface area contributed by atoms with Crippen LogP contribution in [0.3, 0.4) is 0 Å². The second-order valence-corrected chi connectivity index (χ2v) is 7.66. The fourth-order valence-corrected chi connectivity index (χ4v) is 4.02. The molecule has 0 spiro atoms. The Balaban J connectivity index is 1.71. The SMILES string of the molecule is CCOC(=O)CN(C(=O)CSc1nnc(Cc2ccccc2)n1CC)c1ccccc1. The molecule has 3 aromatic rings. The van der Waals surface area contributed by atoms with Gasteiger partial charge in [0.25, 0.3) is 0 Å². The molecule has 31 heavy (non-hydrogen) atoms. The fraction of sp³-hybridized carbons (Fsp3) is 0.304. The summed E-state index contributed by atoms with van der Waals surface area (Å²) in [5, 5.41) is 9.31. The van der Waals surface area contributed by atoms with E-state index in [0.29, 0.717) is 23.8 Å². The van der Waals surface area contributed by atoms with Gasteiger partial charge in [0.1, 0.15) is 12.4 Å². The molecule has 0 radical (unpaired) electrons. The van der Waals surface area contributed by atoms with Gasteiger partial charge in [0.15, 0.2) is 5.16 Å². The van der Waals surface area contributed by atoms with E-state index < -0.39 is 5.97 Å². The maximum Gasteiger partial charge on any atom is 0.326 e. The molecule has 3 rings (SSSR count). The average molecular weight is 439 g/mol. The Morgan fingerprint density at radius 2 is 1.68 bits per heavy atom. The number of anilines is 1. The first kappa shape index (κ1) is 22.6. The highest BCUT2D eigenvalue weighted by molar-refractivity contribution is 7.99. The normalized spacial score (nSPS) is 10.6. The Bertz CT molecular complexity index is 993. The Morgan fingerprint density at radius 1 is 1.00 bits per heavy atom. The third-order valence-corrected chi connectivity index (χ3v) is 5.55. The number of hydrogen-bond donors (Lipinski definition) is 0. The molecule has 0 N–H and O–H groups in total. The van der Waals surface area contributed by atoms with E-state index in [1.807, 2.05) is 47.9 Å². The van der Waals surface area contributed by atoms with Crippen LogP contribution in [0.25, 0.3) is 0 Å². The van der Waals surface area contributed by atoms with Crippen molar-refractivity contribution in [2.24, 2.45) is 0 Å². The number of hydrogen-bond acceptors (Lipinski definition) is 6. The van der Waals surface area contributed by atoms with Crippen LogP contribution in [0.4, 0.5) is 5.69 Å². The number of thioether (sulfide) groups is 1. The average Bonchev–Trinajstić information content (AvgIpc) is 3.18. The molecule has 0 fully saturated rings. The molecular weight excluding hydrogens is 412 g/mol. The van der Waals surface area contributed by atoms with Crippen molar-refractivity contribution in [3.8, 4) is 0 Å². The number of rotatable bonds is 10. The molecule has 0 unspecified atom stereocenters. The topological polar surface area (TPSA) is 77.3 Å². The number of benzene rings is 2. The number of amides is 1. The summed E-state index contributed by atoms with van der Waals surface area (Å²) in [6.45, 7) is 4.62. The maximum atomic E-state index is 13.0. The summed E-state index contributed by atoms with van der Waals surface area (Å²) in [5.74, 6) is 0.360. The molecule has 7 nitrogen and oxygen atoms in total. The van der Waals surface area contributed by atoms with Crippen LogP contribution in [-0.4, -0.2) is 45.5 Å². The first-order valence-electron chi connectivity index (χ1n) is 10.2. The van der Waals surface area contributed by atoms with Crippen molar-refractivity contribution in [2.75, 3.05) is 23.8 Å². The quantitative estimate of drug-likeness (QED) is 0.356. The molecular formula is C23H26N4O3S. The van der Waals surface area contributed by atoms with Crippen LogP contribution in [0.1, 0.15) is 25.2 Å². The minimum absolute atomic E-state index is 0.128. The van der Waals surface area contributed by atoms with Crippen molar-refractivity contribution in [1.82, 2.24) is 14.8 Å². The van der Waals surface area contributed by atoms with Crippen LogP contribution in [-0.2, 0) is 27.3 Å². The van der Waals surface area contributed by atoms with Crippen LogP contribution in [0.5, 0.6) is 0 Å². The molecule has 0 saturated carbocycles. The van der Waals surface area contributed by atoms with Crippen molar-refractivity contribution in [3.63, 3.8) is 0 Å². The molecule has 0 aliphatic rings. The van der Waals surface area contributed by atoms with Gasteiger partial charge < -0.3 is 14.2 Å². The summed E-state index contributed by atoms with van der Waals surface area (Å²) >= 11 is 1.32. The maximum absolute atomic E-state index is 13.0. The molecule has 8 heteroatoms. The van der Waals surface area contributed by atoms with E-state index in [4.69, 9.17) is 4.74 Å². The molecule has 2 aromatic carbocycles. The van der Waals surface area contributed by atoms with Gasteiger partial charge >= 0.3 is 5.97 Å². The van der Waals surface area contributed by atoms with Crippen molar-refractivity contribution >= 4 is 29.3 Å². The number of carbonyl (C=O) groups is 2. The highest BCUT2D eigenvalue weighted by Gasteiger charge is 2.21. The van der Waals surface area contributed by atoms with Gasteiger partial charge in [-0.05, 0) is 31.5 Å². The lowest BCUT2D eigenvalue weighted by atomic mass is 10.1. The zero-order valence-corrected chi connectivity index (χ0v) is 18.5. The van der Waals surface area contributed by atoms with Gasteiger partial charge in [-0.25, -0.2) is 0 Å². The van der Waals surface area contributed by atoms with E-state index in [2.05, 4.69) is 22.3 Å². The molecule has 1 heterocycles. The molecule has 1 aromatic heterocycles. The van der Waals surface area contributed by atoms with Crippen molar-refractivity contribution in [2.45, 2.75) is 32.0 Å². The van der Waals surface area contributed by atoms with Crippen molar-refractivity contribution < 1.29 is 14.3 Å². The van der Waals surface area contributed by atoms with E-state index in [9.17, 15) is 9.59 Å². The van der Waals surface area contributed by atoms with Crippen LogP contribution in [0.2, 0.25) is 0 Å².